The highest BCUT2D eigenvalue weighted by molar-refractivity contribution is 7.80. The Balaban J connectivity index is 2.04. The molecule has 0 aliphatic heterocycles. The van der Waals surface area contributed by atoms with E-state index in [0.717, 1.165) is 6.42 Å². The number of amides is 1. The molecular formula is C9H14N6OS. The summed E-state index contributed by atoms with van der Waals surface area (Å²) in [6, 6.07) is -0.312. The van der Waals surface area contributed by atoms with Gasteiger partial charge >= 0.3 is 0 Å². The van der Waals surface area contributed by atoms with Crippen molar-refractivity contribution < 1.29 is 4.79 Å². The maximum Gasteiger partial charge on any atom is 0.233 e. The summed E-state index contributed by atoms with van der Waals surface area (Å²) in [5.41, 5.74) is 4.98. The van der Waals surface area contributed by atoms with Crippen LogP contribution in [0.1, 0.15) is 38.1 Å². The van der Waals surface area contributed by atoms with E-state index in [1.165, 1.54) is 0 Å². The van der Waals surface area contributed by atoms with Crippen LogP contribution in [0, 0.1) is 5.41 Å². The van der Waals surface area contributed by atoms with Gasteiger partial charge in [-0.1, -0.05) is 23.9 Å². The molecule has 4 N–H and O–H groups in total. The SMILES string of the molecule is CC(NC(=O)C1(C(N)=S)CCC1)c1nn[nH]n1. The third-order valence-corrected chi connectivity index (χ3v) is 3.60. The molecule has 7 nitrogen and oxygen atoms in total. The summed E-state index contributed by atoms with van der Waals surface area (Å²) >= 11 is 4.98. The monoisotopic (exact) mass is 254 g/mol. The van der Waals surface area contributed by atoms with Crippen molar-refractivity contribution >= 4 is 23.1 Å². The molecule has 8 heteroatoms. The molecule has 17 heavy (non-hydrogen) atoms. The summed E-state index contributed by atoms with van der Waals surface area (Å²) < 4.78 is 0. The van der Waals surface area contributed by atoms with Gasteiger partial charge in [-0.25, -0.2) is 0 Å². The molecule has 1 saturated carbocycles. The third-order valence-electron chi connectivity index (χ3n) is 3.21. The molecule has 1 amide bonds. The predicted molar refractivity (Wildman–Crippen MR) is 63.8 cm³/mol. The molecule has 1 fully saturated rings. The van der Waals surface area contributed by atoms with Crippen molar-refractivity contribution in [3.05, 3.63) is 5.82 Å². The third kappa shape index (κ3) is 1.99. The molecule has 0 radical (unpaired) electrons. The van der Waals surface area contributed by atoms with Crippen LogP contribution in [0.15, 0.2) is 0 Å². The zero-order valence-corrected chi connectivity index (χ0v) is 10.3. The van der Waals surface area contributed by atoms with Gasteiger partial charge in [0, 0.05) is 0 Å². The summed E-state index contributed by atoms with van der Waals surface area (Å²) in [7, 11) is 0. The van der Waals surface area contributed by atoms with Crippen molar-refractivity contribution in [2.24, 2.45) is 11.1 Å². The number of nitrogens with one attached hydrogen (secondary N) is 2. The van der Waals surface area contributed by atoms with Crippen molar-refractivity contribution in [3.63, 3.8) is 0 Å². The highest BCUT2D eigenvalue weighted by Gasteiger charge is 2.47. The molecule has 1 unspecified atom stereocenters. The predicted octanol–water partition coefficient (Wildman–Crippen LogP) is -0.167. The number of tetrazole rings is 1. The van der Waals surface area contributed by atoms with Gasteiger partial charge in [0.15, 0.2) is 5.82 Å². The van der Waals surface area contributed by atoms with Crippen molar-refractivity contribution in [1.82, 2.24) is 25.9 Å². The molecule has 1 aliphatic carbocycles. The van der Waals surface area contributed by atoms with Crippen molar-refractivity contribution in [1.29, 1.82) is 0 Å². The number of nitrogens with zero attached hydrogens (tertiary/aromatic N) is 3. The molecule has 1 aliphatic rings. The largest absolute Gasteiger partial charge is 0.392 e. The summed E-state index contributed by atoms with van der Waals surface area (Å²) in [5.74, 6) is 0.296. The molecule has 1 heterocycles. The zero-order valence-electron chi connectivity index (χ0n) is 9.43. The zero-order chi connectivity index (χ0) is 12.5. The van der Waals surface area contributed by atoms with E-state index < -0.39 is 5.41 Å². The van der Waals surface area contributed by atoms with Crippen LogP contribution in [0.25, 0.3) is 0 Å². The normalized spacial score (nSPS) is 19.1. The number of thiocarbonyl (C=S) groups is 1. The van der Waals surface area contributed by atoms with Gasteiger partial charge in [-0.15, -0.1) is 10.2 Å². The van der Waals surface area contributed by atoms with Gasteiger partial charge in [-0.2, -0.15) is 5.21 Å². The lowest BCUT2D eigenvalue weighted by atomic mass is 9.68. The first-order chi connectivity index (χ1) is 8.06. The van der Waals surface area contributed by atoms with Crippen LogP contribution >= 0.6 is 12.2 Å². The van der Waals surface area contributed by atoms with Crippen molar-refractivity contribution in [3.8, 4) is 0 Å². The van der Waals surface area contributed by atoms with Crippen LogP contribution < -0.4 is 11.1 Å². The van der Waals surface area contributed by atoms with E-state index in [2.05, 4.69) is 25.9 Å². The van der Waals surface area contributed by atoms with Crippen LogP contribution in [-0.2, 0) is 4.79 Å². The molecule has 1 aromatic heterocycles. The number of hydrogen-bond donors (Lipinski definition) is 3. The second-order valence-electron chi connectivity index (χ2n) is 4.27. The Morgan fingerprint density at radius 3 is 2.76 bits per heavy atom. The van der Waals surface area contributed by atoms with E-state index >= 15 is 0 Å². The minimum absolute atomic E-state index is 0.145. The van der Waals surface area contributed by atoms with Gasteiger partial charge in [0.25, 0.3) is 0 Å². The number of carbonyl (C=O) groups excluding carboxylic acids is 1. The van der Waals surface area contributed by atoms with E-state index in [-0.39, 0.29) is 16.9 Å². The lowest BCUT2D eigenvalue weighted by molar-refractivity contribution is -0.131. The number of aromatic amines is 1. The van der Waals surface area contributed by atoms with Crippen LogP contribution in [0.3, 0.4) is 0 Å². The molecule has 0 bridgehead atoms. The number of carbonyl (C=O) groups is 1. The van der Waals surface area contributed by atoms with Crippen LogP contribution in [-0.4, -0.2) is 31.5 Å². The van der Waals surface area contributed by atoms with E-state index in [0.29, 0.717) is 18.7 Å². The number of aromatic nitrogens is 4. The molecule has 2 rings (SSSR count). The minimum atomic E-state index is -0.673. The van der Waals surface area contributed by atoms with Crippen molar-refractivity contribution in [2.45, 2.75) is 32.2 Å². The molecule has 92 valence electrons. The standard InChI is InChI=1S/C9H14N6OS/c1-5(6-12-14-15-13-6)11-8(16)9(7(10)17)3-2-4-9/h5H,2-4H2,1H3,(H2,10,17)(H,11,16)(H,12,13,14,15). The maximum atomic E-state index is 12.1. The molecule has 0 spiro atoms. The Bertz CT molecular complexity index is 427. The lowest BCUT2D eigenvalue weighted by Gasteiger charge is -2.39. The Morgan fingerprint density at radius 1 is 1.65 bits per heavy atom. The number of nitrogens with two attached hydrogens (primary N) is 1. The lowest BCUT2D eigenvalue weighted by Crippen LogP contribution is -2.53. The summed E-state index contributed by atoms with van der Waals surface area (Å²) in [6.45, 7) is 1.79. The van der Waals surface area contributed by atoms with E-state index in [4.69, 9.17) is 18.0 Å². The first-order valence-electron chi connectivity index (χ1n) is 5.40. The van der Waals surface area contributed by atoms with Crippen LogP contribution in [0.5, 0.6) is 0 Å². The van der Waals surface area contributed by atoms with Gasteiger partial charge in [-0.3, -0.25) is 4.79 Å². The van der Waals surface area contributed by atoms with Gasteiger partial charge in [0.1, 0.15) is 0 Å². The van der Waals surface area contributed by atoms with Gasteiger partial charge in [0.05, 0.1) is 16.4 Å². The Kier molecular flexibility index (Phi) is 3.05. The molecule has 0 aromatic carbocycles. The summed E-state index contributed by atoms with van der Waals surface area (Å²) in [5, 5.41) is 16.2. The molecule has 1 aromatic rings. The Morgan fingerprint density at radius 2 is 2.35 bits per heavy atom. The van der Waals surface area contributed by atoms with E-state index in [1.54, 1.807) is 6.92 Å². The fourth-order valence-electron chi connectivity index (χ4n) is 1.87. The average Bonchev–Trinajstić information content (AvgIpc) is 2.66. The van der Waals surface area contributed by atoms with Crippen molar-refractivity contribution in [2.75, 3.05) is 0 Å². The Hall–Kier alpha value is -1.57. The minimum Gasteiger partial charge on any atom is -0.392 e. The second kappa shape index (κ2) is 4.36. The Labute approximate surface area is 104 Å². The second-order valence-corrected chi connectivity index (χ2v) is 4.70. The van der Waals surface area contributed by atoms with Crippen LogP contribution in [0.2, 0.25) is 0 Å². The maximum absolute atomic E-state index is 12.1. The smallest absolute Gasteiger partial charge is 0.233 e. The van der Waals surface area contributed by atoms with E-state index in [1.807, 2.05) is 0 Å². The van der Waals surface area contributed by atoms with Gasteiger partial charge < -0.3 is 11.1 Å². The fraction of sp³-hybridized carbons (Fsp3) is 0.667. The highest BCUT2D eigenvalue weighted by atomic mass is 32.1. The van der Waals surface area contributed by atoms with Gasteiger partial charge in [0.2, 0.25) is 5.91 Å². The number of H-pyrrole nitrogens is 1. The molecular weight excluding hydrogens is 240 g/mol. The van der Waals surface area contributed by atoms with Crippen LogP contribution in [0.4, 0.5) is 0 Å². The fourth-order valence-corrected chi connectivity index (χ4v) is 2.16. The summed E-state index contributed by atoms with van der Waals surface area (Å²) in [4.78, 5) is 12.4. The highest BCUT2D eigenvalue weighted by Crippen LogP contribution is 2.41. The first kappa shape index (κ1) is 11.9. The molecule has 0 saturated heterocycles. The topological polar surface area (TPSA) is 110 Å². The van der Waals surface area contributed by atoms with E-state index in [9.17, 15) is 4.79 Å². The number of hydrogen-bond acceptors (Lipinski definition) is 5. The van der Waals surface area contributed by atoms with Gasteiger partial charge in [-0.05, 0) is 19.8 Å². The average molecular weight is 254 g/mol. The molecule has 1 atom stereocenters. The quantitative estimate of drug-likeness (QED) is 0.644. The first-order valence-corrected chi connectivity index (χ1v) is 5.81. The summed E-state index contributed by atoms with van der Waals surface area (Å²) in [6.07, 6.45) is 2.40. The number of rotatable bonds is 4.